The number of hydrogen-bond acceptors (Lipinski definition) is 3. The lowest BCUT2D eigenvalue weighted by molar-refractivity contribution is -0.139. The maximum atomic E-state index is 12.7. The van der Waals surface area contributed by atoms with Crippen molar-refractivity contribution in [2.45, 2.75) is 30.7 Å². The summed E-state index contributed by atoms with van der Waals surface area (Å²) in [6, 6.07) is 12.5. The first-order chi connectivity index (χ1) is 16.2. The van der Waals surface area contributed by atoms with Crippen LogP contribution in [-0.2, 0) is 22.1 Å². The predicted molar refractivity (Wildman–Crippen MR) is 130 cm³/mol. The first kappa shape index (κ1) is 23.0. The number of carboxylic acid groups (broad SMARTS) is 2. The first-order valence-electron chi connectivity index (χ1n) is 11.1. The molecule has 2 aliphatic rings. The van der Waals surface area contributed by atoms with Crippen molar-refractivity contribution in [3.63, 3.8) is 0 Å². The molecule has 34 heavy (non-hydrogen) atoms. The van der Waals surface area contributed by atoms with Gasteiger partial charge in [0.1, 0.15) is 11.4 Å². The Morgan fingerprint density at radius 1 is 1.15 bits per heavy atom. The largest absolute Gasteiger partial charge is 0.481 e. The van der Waals surface area contributed by atoms with Crippen LogP contribution in [0.25, 0.3) is 10.9 Å². The molecule has 1 aromatic heterocycles. The van der Waals surface area contributed by atoms with Crippen LogP contribution in [0.2, 0.25) is 10.0 Å². The zero-order valence-corrected chi connectivity index (χ0v) is 20.0. The normalized spacial score (nSPS) is 21.0. The number of benzene rings is 2. The summed E-state index contributed by atoms with van der Waals surface area (Å²) in [6.45, 7) is 0.585. The summed E-state index contributed by atoms with van der Waals surface area (Å²) in [5, 5.41) is 21.5. The molecule has 1 aliphatic heterocycles. The minimum atomic E-state index is -1.12. The summed E-state index contributed by atoms with van der Waals surface area (Å²) in [6.07, 6.45) is 1.16. The summed E-state index contributed by atoms with van der Waals surface area (Å²) in [7, 11) is 1.79. The molecule has 2 aromatic carbocycles. The summed E-state index contributed by atoms with van der Waals surface area (Å²) in [5.74, 6) is -0.754. The third-order valence-electron chi connectivity index (χ3n) is 7.10. The molecular weight excluding hydrogens is 479 g/mol. The molecule has 1 saturated carbocycles. The van der Waals surface area contributed by atoms with Gasteiger partial charge in [-0.1, -0.05) is 47.5 Å². The lowest BCUT2D eigenvalue weighted by Crippen LogP contribution is -2.50. The number of carboxylic acids is 1. The summed E-state index contributed by atoms with van der Waals surface area (Å²) < 4.78 is 7.52. The van der Waals surface area contributed by atoms with E-state index in [1.54, 1.807) is 23.7 Å². The molecule has 1 aliphatic carbocycles. The van der Waals surface area contributed by atoms with E-state index in [2.05, 4.69) is 0 Å². The molecule has 0 bridgehead atoms. The number of fused-ring (bicyclic) bond motifs is 1. The van der Waals surface area contributed by atoms with Gasteiger partial charge in [0.2, 0.25) is 0 Å². The highest BCUT2D eigenvalue weighted by Crippen LogP contribution is 2.45. The third-order valence-corrected chi connectivity index (χ3v) is 7.92. The van der Waals surface area contributed by atoms with E-state index in [1.807, 2.05) is 30.3 Å². The van der Waals surface area contributed by atoms with Gasteiger partial charge in [-0.15, -0.1) is 0 Å². The number of aryl methyl sites for hydroxylation is 1. The van der Waals surface area contributed by atoms with E-state index in [9.17, 15) is 19.8 Å². The maximum Gasteiger partial charge on any atom is 0.413 e. The number of rotatable bonds is 6. The lowest BCUT2D eigenvalue weighted by Gasteiger charge is -2.38. The molecule has 1 saturated heterocycles. The van der Waals surface area contributed by atoms with Gasteiger partial charge in [0.25, 0.3) is 0 Å². The molecule has 1 amide bonds. The van der Waals surface area contributed by atoms with Crippen LogP contribution in [0.1, 0.15) is 36.3 Å². The first-order valence-corrected chi connectivity index (χ1v) is 11.9. The number of carbonyl (C=O) groups is 2. The second-order valence-electron chi connectivity index (χ2n) is 9.08. The van der Waals surface area contributed by atoms with Crippen LogP contribution in [0.4, 0.5) is 10.6 Å². The predicted octanol–water partition coefficient (Wildman–Crippen LogP) is 5.86. The smallest absolute Gasteiger partial charge is 0.413 e. The van der Waals surface area contributed by atoms with E-state index in [0.29, 0.717) is 34.3 Å². The number of anilines is 1. The molecule has 0 spiro atoms. The Morgan fingerprint density at radius 3 is 2.41 bits per heavy atom. The summed E-state index contributed by atoms with van der Waals surface area (Å²) >= 11 is 12.6. The Hall–Kier alpha value is -2.74. The van der Waals surface area contributed by atoms with Crippen LogP contribution in [0.5, 0.6) is 0 Å². The van der Waals surface area contributed by atoms with Gasteiger partial charge in [-0.3, -0.25) is 9.69 Å². The van der Waals surface area contributed by atoms with Crippen LogP contribution < -0.4 is 4.90 Å². The number of aliphatic carboxylic acids is 1. The topological polar surface area (TPSA) is 92.0 Å². The van der Waals surface area contributed by atoms with Crippen molar-refractivity contribution in [1.82, 2.24) is 4.57 Å². The third kappa shape index (κ3) is 3.63. The Morgan fingerprint density at radius 2 is 1.85 bits per heavy atom. The fourth-order valence-corrected chi connectivity index (χ4v) is 5.56. The van der Waals surface area contributed by atoms with E-state index in [4.69, 9.17) is 27.9 Å². The minimum Gasteiger partial charge on any atom is -0.481 e. The average molecular weight is 503 g/mol. The van der Waals surface area contributed by atoms with Crippen LogP contribution in [0.15, 0.2) is 42.5 Å². The number of halogens is 2. The lowest BCUT2D eigenvalue weighted by atomic mass is 9.85. The maximum absolute atomic E-state index is 12.7. The Balaban J connectivity index is 1.61. The summed E-state index contributed by atoms with van der Waals surface area (Å²) in [5.41, 5.74) is 1.28. The SMILES string of the molecule is Cn1c(N(C(=O)O)C2(c3ccc(C(C(=O)O)C4CC4)cc3)CCOC2)cc2c(Cl)c(Cl)ccc21. The van der Waals surface area contributed by atoms with Crippen molar-refractivity contribution in [2.75, 3.05) is 18.1 Å². The molecule has 2 heterocycles. The standard InChI is InChI=1S/C25H24Cl2N2O5/c1-28-19-9-8-18(26)22(27)17(19)12-20(28)29(24(32)33)25(10-11-34-13-25)16-6-4-15(5-7-16)21(23(30)31)14-2-3-14/h4-9,12,14,21H,2-3,10-11,13H2,1H3,(H,30,31)(H,32,33). The number of aromatic nitrogens is 1. The van der Waals surface area contributed by atoms with Crippen molar-refractivity contribution in [1.29, 1.82) is 0 Å². The zero-order valence-electron chi connectivity index (χ0n) is 18.5. The van der Waals surface area contributed by atoms with E-state index in [0.717, 1.165) is 29.5 Å². The molecule has 178 valence electrons. The van der Waals surface area contributed by atoms with E-state index >= 15 is 0 Å². The average Bonchev–Trinajstić information content (AvgIpc) is 3.40. The molecule has 0 radical (unpaired) electrons. The number of nitrogens with zero attached hydrogens (tertiary/aromatic N) is 2. The zero-order chi connectivity index (χ0) is 24.2. The van der Waals surface area contributed by atoms with Gasteiger partial charge in [0.05, 0.1) is 28.1 Å². The fourth-order valence-electron chi connectivity index (χ4n) is 5.18. The van der Waals surface area contributed by atoms with Gasteiger partial charge in [-0.05, 0) is 48.1 Å². The molecule has 2 unspecified atom stereocenters. The molecule has 5 rings (SSSR count). The quantitative estimate of drug-likeness (QED) is 0.440. The van der Waals surface area contributed by atoms with Crippen molar-refractivity contribution < 1.29 is 24.5 Å². The molecule has 9 heteroatoms. The Labute approximate surface area is 206 Å². The van der Waals surface area contributed by atoms with E-state index < -0.39 is 23.5 Å². The Bertz CT molecular complexity index is 1280. The van der Waals surface area contributed by atoms with Gasteiger partial charge in [-0.2, -0.15) is 0 Å². The monoisotopic (exact) mass is 502 g/mol. The fraction of sp³-hybridized carbons (Fsp3) is 0.360. The number of hydrogen-bond donors (Lipinski definition) is 2. The highest BCUT2D eigenvalue weighted by Gasteiger charge is 2.47. The van der Waals surface area contributed by atoms with Crippen molar-refractivity contribution in [2.24, 2.45) is 13.0 Å². The van der Waals surface area contributed by atoms with Crippen molar-refractivity contribution in [3.05, 3.63) is 63.6 Å². The van der Waals surface area contributed by atoms with E-state index in [1.165, 1.54) is 4.90 Å². The summed E-state index contributed by atoms with van der Waals surface area (Å²) in [4.78, 5) is 25.9. The number of ether oxygens (including phenoxy) is 1. The Kier molecular flexibility index (Phi) is 5.74. The van der Waals surface area contributed by atoms with Gasteiger partial charge in [0.15, 0.2) is 0 Å². The molecule has 2 fully saturated rings. The van der Waals surface area contributed by atoms with Gasteiger partial charge >= 0.3 is 12.1 Å². The molecule has 2 atom stereocenters. The number of amides is 1. The molecule has 3 aromatic rings. The van der Waals surface area contributed by atoms with Crippen LogP contribution in [-0.4, -0.2) is 40.1 Å². The van der Waals surface area contributed by atoms with Crippen LogP contribution in [0.3, 0.4) is 0 Å². The van der Waals surface area contributed by atoms with Crippen molar-refractivity contribution in [3.8, 4) is 0 Å². The van der Waals surface area contributed by atoms with Crippen molar-refractivity contribution >= 4 is 52.0 Å². The van der Waals surface area contributed by atoms with E-state index in [-0.39, 0.29) is 12.5 Å². The molecule has 7 nitrogen and oxygen atoms in total. The minimum absolute atomic E-state index is 0.162. The van der Waals surface area contributed by atoms with Gasteiger partial charge in [-0.25, -0.2) is 4.79 Å². The second-order valence-corrected chi connectivity index (χ2v) is 9.87. The van der Waals surface area contributed by atoms with Crippen LogP contribution in [0, 0.1) is 5.92 Å². The highest BCUT2D eigenvalue weighted by atomic mass is 35.5. The van der Waals surface area contributed by atoms with Gasteiger partial charge in [0, 0.05) is 25.5 Å². The molecule has 2 N–H and O–H groups in total. The van der Waals surface area contributed by atoms with Gasteiger partial charge < -0.3 is 19.5 Å². The second kappa shape index (κ2) is 8.48. The molecular formula is C25H24Cl2N2O5. The van der Waals surface area contributed by atoms with Crippen LogP contribution >= 0.6 is 23.2 Å². The highest BCUT2D eigenvalue weighted by molar-refractivity contribution is 6.45.